The number of aromatic nitrogens is 1. The largest absolute Gasteiger partial charge is 0.423 e. The Balaban J connectivity index is 1.02. The Morgan fingerprint density at radius 1 is 1.19 bits per heavy atom. The lowest BCUT2D eigenvalue weighted by molar-refractivity contribution is 0.0242. The molecule has 196 valence electrons. The summed E-state index contributed by atoms with van der Waals surface area (Å²) in [7, 11) is 0. The molecule has 4 heterocycles. The van der Waals surface area contributed by atoms with Crippen LogP contribution in [0.4, 0.5) is 16.1 Å². The Morgan fingerprint density at radius 3 is 2.81 bits per heavy atom. The molecule has 3 unspecified atom stereocenters. The van der Waals surface area contributed by atoms with Gasteiger partial charge in [-0.3, -0.25) is 0 Å². The van der Waals surface area contributed by atoms with Crippen molar-refractivity contribution in [3.63, 3.8) is 0 Å². The summed E-state index contributed by atoms with van der Waals surface area (Å²) in [6.07, 6.45) is 4.27. The first-order valence-electron chi connectivity index (χ1n) is 13.6. The summed E-state index contributed by atoms with van der Waals surface area (Å²) in [4.78, 5) is 9.04. The summed E-state index contributed by atoms with van der Waals surface area (Å²) in [6.45, 7) is 9.92. The zero-order valence-corrected chi connectivity index (χ0v) is 21.8. The highest BCUT2D eigenvalue weighted by Crippen LogP contribution is 2.47. The number of benzene rings is 2. The van der Waals surface area contributed by atoms with Crippen molar-refractivity contribution in [1.82, 2.24) is 9.88 Å². The van der Waals surface area contributed by atoms with E-state index < -0.39 is 0 Å². The van der Waals surface area contributed by atoms with Gasteiger partial charge < -0.3 is 24.6 Å². The number of fused-ring (bicyclic) bond motifs is 2. The van der Waals surface area contributed by atoms with E-state index >= 15 is 0 Å². The van der Waals surface area contributed by atoms with Crippen molar-refractivity contribution in [2.75, 3.05) is 49.5 Å². The second-order valence-electron chi connectivity index (χ2n) is 11.4. The van der Waals surface area contributed by atoms with Gasteiger partial charge in [-0.2, -0.15) is 0 Å². The van der Waals surface area contributed by atoms with Crippen molar-refractivity contribution >= 4 is 11.7 Å². The number of piperidine rings is 2. The number of anilines is 2. The summed E-state index contributed by atoms with van der Waals surface area (Å²) in [6, 6.07) is 13.8. The van der Waals surface area contributed by atoms with E-state index in [1.165, 1.54) is 28.9 Å². The van der Waals surface area contributed by atoms with E-state index in [1.54, 1.807) is 12.3 Å². The fourth-order valence-electron chi connectivity index (χ4n) is 6.75. The quantitative estimate of drug-likeness (QED) is 0.506. The third-order valence-electron chi connectivity index (χ3n) is 9.06. The van der Waals surface area contributed by atoms with Crippen LogP contribution in [0.2, 0.25) is 0 Å². The third-order valence-corrected chi connectivity index (χ3v) is 9.06. The van der Waals surface area contributed by atoms with Gasteiger partial charge in [-0.1, -0.05) is 31.2 Å². The van der Waals surface area contributed by atoms with E-state index in [-0.39, 0.29) is 23.3 Å². The van der Waals surface area contributed by atoms with Crippen molar-refractivity contribution in [1.29, 1.82) is 0 Å². The molecule has 6 rings (SSSR count). The molecule has 7 heteroatoms. The SMILES string of the molecule is Cc1ccc2c(c1)NCC21CCN(CC(O)C2CCN(c3ncc(-c4cccc(F)c4)o3)CC2)CC1C. The lowest BCUT2D eigenvalue weighted by atomic mass is 9.67. The Labute approximate surface area is 218 Å². The Hall–Kier alpha value is -2.90. The predicted molar refractivity (Wildman–Crippen MR) is 144 cm³/mol. The summed E-state index contributed by atoms with van der Waals surface area (Å²) in [5.41, 5.74) is 4.98. The van der Waals surface area contributed by atoms with Gasteiger partial charge in [0.25, 0.3) is 6.01 Å². The lowest BCUT2D eigenvalue weighted by Crippen LogP contribution is -2.52. The fourth-order valence-corrected chi connectivity index (χ4v) is 6.75. The van der Waals surface area contributed by atoms with Crippen LogP contribution in [0, 0.1) is 24.6 Å². The van der Waals surface area contributed by atoms with Crippen LogP contribution in [0.15, 0.2) is 53.1 Å². The number of nitrogens with one attached hydrogen (secondary N) is 1. The maximum Gasteiger partial charge on any atom is 0.297 e. The predicted octanol–water partition coefficient (Wildman–Crippen LogP) is 5.07. The number of hydrogen-bond donors (Lipinski definition) is 2. The first-order chi connectivity index (χ1) is 17.9. The van der Waals surface area contributed by atoms with E-state index in [0.29, 0.717) is 23.3 Å². The molecule has 3 atom stereocenters. The maximum absolute atomic E-state index is 13.6. The minimum Gasteiger partial charge on any atom is -0.423 e. The summed E-state index contributed by atoms with van der Waals surface area (Å²) >= 11 is 0. The number of rotatable bonds is 5. The van der Waals surface area contributed by atoms with Gasteiger partial charge in [0.1, 0.15) is 5.82 Å². The van der Waals surface area contributed by atoms with Gasteiger partial charge in [-0.05, 0) is 73.9 Å². The van der Waals surface area contributed by atoms with Crippen molar-refractivity contribution in [3.05, 3.63) is 65.6 Å². The molecular formula is C30H37FN4O2. The standard InChI is InChI=1S/C30H37FN4O2/c1-20-6-7-25-26(14-20)33-19-30(25)10-13-34(17-21(30)2)18-27(36)22-8-11-35(12-9-22)29-32-16-28(37-29)23-4-3-5-24(31)15-23/h3-7,14-16,21-22,27,33,36H,8-13,17-19H2,1-2H3. The van der Waals surface area contributed by atoms with Gasteiger partial charge in [0, 0.05) is 49.4 Å². The summed E-state index contributed by atoms with van der Waals surface area (Å²) in [5.74, 6) is 1.09. The summed E-state index contributed by atoms with van der Waals surface area (Å²) in [5, 5.41) is 14.8. The average molecular weight is 505 g/mol. The summed E-state index contributed by atoms with van der Waals surface area (Å²) < 4.78 is 19.5. The molecule has 3 aliphatic heterocycles. The zero-order chi connectivity index (χ0) is 25.6. The molecule has 2 aromatic carbocycles. The van der Waals surface area contributed by atoms with Crippen LogP contribution >= 0.6 is 0 Å². The Kier molecular flexibility index (Phi) is 6.45. The first-order valence-corrected chi connectivity index (χ1v) is 13.6. The van der Waals surface area contributed by atoms with E-state index in [0.717, 1.165) is 58.5 Å². The zero-order valence-electron chi connectivity index (χ0n) is 21.8. The number of oxazole rings is 1. The molecule has 37 heavy (non-hydrogen) atoms. The van der Waals surface area contributed by atoms with Crippen molar-refractivity contribution < 1.29 is 13.9 Å². The van der Waals surface area contributed by atoms with Gasteiger partial charge in [0.15, 0.2) is 5.76 Å². The third kappa shape index (κ3) is 4.64. The minimum absolute atomic E-state index is 0.205. The number of hydrogen-bond acceptors (Lipinski definition) is 6. The van der Waals surface area contributed by atoms with Crippen LogP contribution in [0.1, 0.15) is 37.3 Å². The van der Waals surface area contributed by atoms with Crippen LogP contribution in [0.25, 0.3) is 11.3 Å². The Morgan fingerprint density at radius 2 is 2.03 bits per heavy atom. The molecule has 6 nitrogen and oxygen atoms in total. The number of aliphatic hydroxyl groups excluding tert-OH is 1. The monoisotopic (exact) mass is 504 g/mol. The highest BCUT2D eigenvalue weighted by atomic mass is 19.1. The molecule has 0 radical (unpaired) electrons. The maximum atomic E-state index is 13.6. The van der Waals surface area contributed by atoms with Crippen LogP contribution in [-0.4, -0.2) is 60.4 Å². The number of likely N-dealkylation sites (tertiary alicyclic amines) is 1. The molecule has 1 aromatic heterocycles. The fraction of sp³-hybridized carbons (Fsp3) is 0.500. The highest BCUT2D eigenvalue weighted by Gasteiger charge is 2.46. The van der Waals surface area contributed by atoms with Crippen LogP contribution in [-0.2, 0) is 5.41 Å². The number of aliphatic hydroxyl groups is 1. The minimum atomic E-state index is -0.326. The van der Waals surface area contributed by atoms with Crippen LogP contribution in [0.3, 0.4) is 0 Å². The van der Waals surface area contributed by atoms with E-state index in [9.17, 15) is 9.50 Å². The molecule has 3 aromatic rings. The second kappa shape index (κ2) is 9.76. The van der Waals surface area contributed by atoms with Crippen molar-refractivity contribution in [3.8, 4) is 11.3 Å². The smallest absolute Gasteiger partial charge is 0.297 e. The average Bonchev–Trinajstić information content (AvgIpc) is 3.53. The molecule has 2 N–H and O–H groups in total. The first kappa shape index (κ1) is 24.4. The van der Waals surface area contributed by atoms with E-state index in [4.69, 9.17) is 4.42 Å². The molecule has 0 aliphatic carbocycles. The van der Waals surface area contributed by atoms with Gasteiger partial charge in [-0.15, -0.1) is 0 Å². The van der Waals surface area contributed by atoms with Crippen LogP contribution in [0.5, 0.6) is 0 Å². The lowest BCUT2D eigenvalue weighted by Gasteiger charge is -2.46. The Bertz CT molecular complexity index is 1250. The van der Waals surface area contributed by atoms with Gasteiger partial charge in [0.05, 0.1) is 12.3 Å². The second-order valence-corrected chi connectivity index (χ2v) is 11.4. The number of nitrogens with zero attached hydrogens (tertiary/aromatic N) is 3. The number of halogens is 1. The highest BCUT2D eigenvalue weighted by molar-refractivity contribution is 5.62. The van der Waals surface area contributed by atoms with Gasteiger partial charge in [-0.25, -0.2) is 9.37 Å². The normalized spacial score (nSPS) is 25.3. The molecule has 1 spiro atoms. The van der Waals surface area contributed by atoms with Gasteiger partial charge in [0.2, 0.25) is 0 Å². The van der Waals surface area contributed by atoms with Crippen molar-refractivity contribution in [2.24, 2.45) is 11.8 Å². The topological polar surface area (TPSA) is 64.8 Å². The molecule has 0 bridgehead atoms. The number of β-amino-alcohol motifs (C(OH)–C–C–N with tert-alkyl or cyclic N) is 1. The molecule has 3 aliphatic rings. The van der Waals surface area contributed by atoms with E-state index in [1.807, 2.05) is 6.07 Å². The molecule has 0 saturated carbocycles. The number of aryl methyl sites for hydroxylation is 1. The van der Waals surface area contributed by atoms with E-state index in [2.05, 4.69) is 52.1 Å². The molecule has 0 amide bonds. The van der Waals surface area contributed by atoms with Crippen LogP contribution < -0.4 is 10.2 Å². The molecule has 2 saturated heterocycles. The van der Waals surface area contributed by atoms with Gasteiger partial charge >= 0.3 is 0 Å². The van der Waals surface area contributed by atoms with Crippen molar-refractivity contribution in [2.45, 2.75) is 44.6 Å². The molecule has 2 fully saturated rings. The molecular weight excluding hydrogens is 467 g/mol.